The maximum absolute atomic E-state index is 13.9. The number of nitrogens with zero attached hydrogens (tertiary/aromatic N) is 1. The standard InChI is InChI=1S/C16H8F4N2S/c1-6-12(8-3-2-7(17)4-11(8)21-6)16-22-14-13(20)9(18)5-10(19)15(14)23-16/h2-5,21H,1H3. The Kier molecular flexibility index (Phi) is 2.96. The lowest BCUT2D eigenvalue weighted by Gasteiger charge is -1.96. The van der Waals surface area contributed by atoms with Crippen LogP contribution in [0.25, 0.3) is 31.7 Å². The lowest BCUT2D eigenvalue weighted by atomic mass is 10.1. The van der Waals surface area contributed by atoms with Gasteiger partial charge in [0.1, 0.15) is 22.2 Å². The van der Waals surface area contributed by atoms with E-state index in [2.05, 4.69) is 9.97 Å². The molecule has 0 aliphatic carbocycles. The van der Waals surface area contributed by atoms with E-state index in [4.69, 9.17) is 0 Å². The summed E-state index contributed by atoms with van der Waals surface area (Å²) in [6, 6.07) is 4.72. The number of thiazole rings is 1. The summed E-state index contributed by atoms with van der Waals surface area (Å²) in [5.74, 6) is -3.70. The fraction of sp³-hybridized carbons (Fsp3) is 0.0625. The molecule has 0 aliphatic heterocycles. The van der Waals surface area contributed by atoms with Gasteiger partial charge in [0, 0.05) is 28.2 Å². The third-order valence-electron chi connectivity index (χ3n) is 3.68. The highest BCUT2D eigenvalue weighted by Crippen LogP contribution is 2.39. The van der Waals surface area contributed by atoms with E-state index in [0.717, 1.165) is 11.3 Å². The molecule has 0 amide bonds. The normalized spacial score (nSPS) is 11.7. The number of aryl methyl sites for hydroxylation is 1. The molecule has 7 heteroatoms. The van der Waals surface area contributed by atoms with Gasteiger partial charge in [-0.25, -0.2) is 22.5 Å². The monoisotopic (exact) mass is 336 g/mol. The van der Waals surface area contributed by atoms with Gasteiger partial charge in [-0.15, -0.1) is 11.3 Å². The zero-order valence-corrected chi connectivity index (χ0v) is 12.5. The Labute approximate surface area is 131 Å². The van der Waals surface area contributed by atoms with E-state index in [0.29, 0.717) is 33.2 Å². The van der Waals surface area contributed by atoms with Crippen LogP contribution in [0.15, 0.2) is 24.3 Å². The molecule has 0 saturated heterocycles. The Morgan fingerprint density at radius 1 is 1.04 bits per heavy atom. The molecule has 0 atom stereocenters. The Morgan fingerprint density at radius 3 is 2.61 bits per heavy atom. The first-order valence-electron chi connectivity index (χ1n) is 6.68. The van der Waals surface area contributed by atoms with Crippen LogP contribution in [0.1, 0.15) is 5.69 Å². The molecule has 0 unspecified atom stereocenters. The topological polar surface area (TPSA) is 28.7 Å². The number of hydrogen-bond donors (Lipinski definition) is 1. The number of hydrogen-bond acceptors (Lipinski definition) is 2. The molecule has 0 aliphatic rings. The maximum Gasteiger partial charge on any atom is 0.186 e. The lowest BCUT2D eigenvalue weighted by Crippen LogP contribution is -1.88. The number of aromatic nitrogens is 2. The highest BCUT2D eigenvalue weighted by atomic mass is 32.1. The second kappa shape index (κ2) is 4.79. The van der Waals surface area contributed by atoms with Crippen molar-refractivity contribution in [2.75, 3.05) is 0 Å². The quantitative estimate of drug-likeness (QED) is 0.370. The molecule has 2 nitrogen and oxygen atoms in total. The van der Waals surface area contributed by atoms with E-state index >= 15 is 0 Å². The molecular formula is C16H8F4N2S. The van der Waals surface area contributed by atoms with Gasteiger partial charge < -0.3 is 4.98 Å². The minimum absolute atomic E-state index is 0.0465. The highest BCUT2D eigenvalue weighted by molar-refractivity contribution is 7.21. The van der Waals surface area contributed by atoms with E-state index in [1.807, 2.05) is 0 Å². The molecule has 0 spiro atoms. The zero-order valence-electron chi connectivity index (χ0n) is 11.7. The van der Waals surface area contributed by atoms with Crippen molar-refractivity contribution in [1.82, 2.24) is 9.97 Å². The van der Waals surface area contributed by atoms with E-state index in [1.54, 1.807) is 13.0 Å². The van der Waals surface area contributed by atoms with Crippen molar-refractivity contribution in [3.05, 3.63) is 53.2 Å². The summed E-state index contributed by atoms with van der Waals surface area (Å²) in [5.41, 5.74) is 1.54. The van der Waals surface area contributed by atoms with Gasteiger partial charge in [0.05, 0.1) is 4.70 Å². The van der Waals surface area contributed by atoms with Crippen LogP contribution >= 0.6 is 11.3 Å². The van der Waals surface area contributed by atoms with Crippen LogP contribution in [-0.2, 0) is 0 Å². The van der Waals surface area contributed by atoms with Gasteiger partial charge in [-0.1, -0.05) is 0 Å². The molecule has 116 valence electrons. The fourth-order valence-corrected chi connectivity index (χ4v) is 3.75. The predicted octanol–water partition coefficient (Wildman–Crippen LogP) is 5.31. The van der Waals surface area contributed by atoms with Crippen LogP contribution in [0.5, 0.6) is 0 Å². The van der Waals surface area contributed by atoms with Crippen LogP contribution in [0.3, 0.4) is 0 Å². The van der Waals surface area contributed by atoms with Gasteiger partial charge in [-0.05, 0) is 25.1 Å². The number of rotatable bonds is 1. The second-order valence-electron chi connectivity index (χ2n) is 5.17. The van der Waals surface area contributed by atoms with Crippen molar-refractivity contribution in [3.8, 4) is 10.6 Å². The van der Waals surface area contributed by atoms with Gasteiger partial charge >= 0.3 is 0 Å². The number of fused-ring (bicyclic) bond motifs is 2. The SMILES string of the molecule is Cc1[nH]c2cc(F)ccc2c1-c1nc2c(F)c(F)cc(F)c2s1. The Bertz CT molecular complexity index is 1080. The van der Waals surface area contributed by atoms with Crippen molar-refractivity contribution in [2.45, 2.75) is 6.92 Å². The molecule has 0 fully saturated rings. The number of halogens is 4. The number of nitrogens with one attached hydrogen (secondary N) is 1. The van der Waals surface area contributed by atoms with E-state index in [-0.39, 0.29) is 10.2 Å². The Morgan fingerprint density at radius 2 is 1.83 bits per heavy atom. The van der Waals surface area contributed by atoms with Gasteiger partial charge in [0.15, 0.2) is 11.6 Å². The van der Waals surface area contributed by atoms with Gasteiger partial charge in [0.2, 0.25) is 0 Å². The predicted molar refractivity (Wildman–Crippen MR) is 81.5 cm³/mol. The molecule has 4 aromatic rings. The number of benzene rings is 2. The molecule has 0 bridgehead atoms. The second-order valence-corrected chi connectivity index (χ2v) is 6.16. The van der Waals surface area contributed by atoms with Gasteiger partial charge in [0.25, 0.3) is 0 Å². The maximum atomic E-state index is 13.9. The van der Waals surface area contributed by atoms with E-state index in [1.165, 1.54) is 12.1 Å². The third kappa shape index (κ3) is 2.03. The molecule has 2 heterocycles. The summed E-state index contributed by atoms with van der Waals surface area (Å²) in [5, 5.41) is 1.03. The molecular weight excluding hydrogens is 328 g/mol. The average molecular weight is 336 g/mol. The molecule has 23 heavy (non-hydrogen) atoms. The van der Waals surface area contributed by atoms with Gasteiger partial charge in [-0.3, -0.25) is 0 Å². The molecule has 0 radical (unpaired) electrons. The van der Waals surface area contributed by atoms with Crippen molar-refractivity contribution >= 4 is 32.5 Å². The van der Waals surface area contributed by atoms with Crippen LogP contribution < -0.4 is 0 Å². The number of H-pyrrole nitrogens is 1. The summed E-state index contributed by atoms with van der Waals surface area (Å²) in [6.45, 7) is 1.76. The summed E-state index contributed by atoms with van der Waals surface area (Å²) in [7, 11) is 0. The average Bonchev–Trinajstić information content (AvgIpc) is 3.05. The third-order valence-corrected chi connectivity index (χ3v) is 4.76. The molecule has 0 saturated carbocycles. The molecule has 4 rings (SSSR count). The first-order chi connectivity index (χ1) is 11.0. The Balaban J connectivity index is 2.05. The fourth-order valence-electron chi connectivity index (χ4n) is 2.67. The highest BCUT2D eigenvalue weighted by Gasteiger charge is 2.21. The molecule has 1 N–H and O–H groups in total. The van der Waals surface area contributed by atoms with Crippen LogP contribution in [0, 0.1) is 30.2 Å². The van der Waals surface area contributed by atoms with Crippen molar-refractivity contribution in [1.29, 1.82) is 0 Å². The lowest BCUT2D eigenvalue weighted by molar-refractivity contribution is 0.505. The first-order valence-corrected chi connectivity index (χ1v) is 7.49. The summed E-state index contributed by atoms with van der Waals surface area (Å²) in [4.78, 5) is 7.08. The summed E-state index contributed by atoms with van der Waals surface area (Å²) >= 11 is 0.931. The van der Waals surface area contributed by atoms with Crippen LogP contribution in [0.4, 0.5) is 17.6 Å². The van der Waals surface area contributed by atoms with Crippen LogP contribution in [-0.4, -0.2) is 9.97 Å². The van der Waals surface area contributed by atoms with Crippen molar-refractivity contribution in [3.63, 3.8) is 0 Å². The largest absolute Gasteiger partial charge is 0.358 e. The number of aromatic amines is 1. The minimum atomic E-state index is -1.27. The van der Waals surface area contributed by atoms with Gasteiger partial charge in [-0.2, -0.15) is 0 Å². The summed E-state index contributed by atoms with van der Waals surface area (Å²) in [6.07, 6.45) is 0. The molecule has 2 aromatic heterocycles. The van der Waals surface area contributed by atoms with Crippen LogP contribution in [0.2, 0.25) is 0 Å². The first kappa shape index (κ1) is 14.2. The smallest absolute Gasteiger partial charge is 0.186 e. The van der Waals surface area contributed by atoms with E-state index < -0.39 is 23.3 Å². The zero-order chi connectivity index (χ0) is 16.3. The van der Waals surface area contributed by atoms with Crippen molar-refractivity contribution in [2.24, 2.45) is 0 Å². The minimum Gasteiger partial charge on any atom is -0.358 e. The summed E-state index contributed by atoms with van der Waals surface area (Å²) < 4.78 is 54.3. The van der Waals surface area contributed by atoms with E-state index in [9.17, 15) is 17.6 Å². The Hall–Kier alpha value is -2.41. The van der Waals surface area contributed by atoms with Crippen molar-refractivity contribution < 1.29 is 17.6 Å². The molecule has 2 aromatic carbocycles.